The molecular weight excluding hydrogens is 494 g/mol. The fourth-order valence-corrected chi connectivity index (χ4v) is 2.78. The quantitative estimate of drug-likeness (QED) is 0.388. The number of halogens is 6. The molecule has 2 unspecified atom stereocenters. The predicted octanol–water partition coefficient (Wildman–Crippen LogP) is 4.50. The number of nitrogens with zero attached hydrogens (tertiary/aromatic N) is 1. The van der Waals surface area contributed by atoms with Crippen LogP contribution in [0.5, 0.6) is 0 Å². The molecule has 0 aromatic rings. The number of hydrogen-bond acceptors (Lipinski definition) is 6. The first kappa shape index (κ1) is 32.3. The Morgan fingerprint density at radius 1 is 1.14 bits per heavy atom. The zero-order valence-electron chi connectivity index (χ0n) is 19.7. The smallest absolute Gasteiger partial charge is 0.414 e. The SMILES string of the molecule is CCOC(=O)CC(CCNC(=O)OC(C)(C)C)C(F)(F)F.O=C(O)N1CCC(C(F)(F)F)CC1=O. The second-order valence-electron chi connectivity index (χ2n) is 8.52. The van der Waals surface area contributed by atoms with Gasteiger partial charge in [0.15, 0.2) is 0 Å². The van der Waals surface area contributed by atoms with E-state index in [-0.39, 0.29) is 26.1 Å². The van der Waals surface area contributed by atoms with E-state index in [0.29, 0.717) is 4.90 Å². The number of amides is 3. The molecular formula is C20H30F6N2O7. The average Bonchev–Trinajstić information content (AvgIpc) is 2.64. The second-order valence-corrected chi connectivity index (χ2v) is 8.52. The summed E-state index contributed by atoms with van der Waals surface area (Å²) in [7, 11) is 0. The van der Waals surface area contributed by atoms with Crippen molar-refractivity contribution in [2.45, 2.75) is 71.3 Å². The van der Waals surface area contributed by atoms with Crippen molar-refractivity contribution >= 4 is 24.1 Å². The van der Waals surface area contributed by atoms with Crippen LogP contribution in [0.1, 0.15) is 53.4 Å². The molecule has 204 valence electrons. The lowest BCUT2D eigenvalue weighted by Gasteiger charge is -2.29. The minimum absolute atomic E-state index is 0.0274. The van der Waals surface area contributed by atoms with Crippen LogP contribution in [0.15, 0.2) is 0 Å². The summed E-state index contributed by atoms with van der Waals surface area (Å²) in [5, 5.41) is 10.7. The van der Waals surface area contributed by atoms with Crippen molar-refractivity contribution in [3.63, 3.8) is 0 Å². The lowest BCUT2D eigenvalue weighted by molar-refractivity contribution is -0.188. The maximum Gasteiger partial charge on any atom is 0.414 e. The van der Waals surface area contributed by atoms with E-state index in [9.17, 15) is 45.5 Å². The molecule has 0 aliphatic carbocycles. The molecule has 1 aliphatic rings. The third-order valence-corrected chi connectivity index (χ3v) is 4.46. The summed E-state index contributed by atoms with van der Waals surface area (Å²) in [6, 6.07) is 0. The third-order valence-electron chi connectivity index (χ3n) is 4.46. The van der Waals surface area contributed by atoms with Gasteiger partial charge >= 0.3 is 30.5 Å². The summed E-state index contributed by atoms with van der Waals surface area (Å²) in [5.41, 5.74) is -0.724. The molecule has 35 heavy (non-hydrogen) atoms. The number of carbonyl (C=O) groups excluding carboxylic acids is 3. The highest BCUT2D eigenvalue weighted by Gasteiger charge is 2.45. The van der Waals surface area contributed by atoms with Crippen molar-refractivity contribution < 1.29 is 60.1 Å². The second kappa shape index (κ2) is 13.4. The van der Waals surface area contributed by atoms with E-state index in [2.05, 4.69) is 10.1 Å². The number of nitrogens with one attached hydrogen (secondary N) is 1. The molecule has 3 amide bonds. The van der Waals surface area contributed by atoms with Crippen LogP contribution in [-0.2, 0) is 19.1 Å². The van der Waals surface area contributed by atoms with E-state index in [1.165, 1.54) is 6.92 Å². The molecule has 0 spiro atoms. The van der Waals surface area contributed by atoms with Gasteiger partial charge in [-0.1, -0.05) is 0 Å². The van der Waals surface area contributed by atoms with E-state index in [0.717, 1.165) is 0 Å². The number of piperidine rings is 1. The highest BCUT2D eigenvalue weighted by atomic mass is 19.4. The highest BCUT2D eigenvalue weighted by Crippen LogP contribution is 2.34. The van der Waals surface area contributed by atoms with Gasteiger partial charge in [-0.2, -0.15) is 26.3 Å². The monoisotopic (exact) mass is 524 g/mol. The van der Waals surface area contributed by atoms with Crippen molar-refractivity contribution in [1.82, 2.24) is 10.2 Å². The minimum atomic E-state index is -4.53. The van der Waals surface area contributed by atoms with Gasteiger partial charge < -0.3 is 19.9 Å². The van der Waals surface area contributed by atoms with Gasteiger partial charge in [0.2, 0.25) is 5.91 Å². The van der Waals surface area contributed by atoms with Crippen molar-refractivity contribution in [3.8, 4) is 0 Å². The Labute approximate surface area is 198 Å². The number of alkyl halides is 6. The molecule has 0 aromatic carbocycles. The van der Waals surface area contributed by atoms with Gasteiger partial charge in [-0.05, 0) is 40.5 Å². The zero-order valence-corrected chi connectivity index (χ0v) is 19.7. The summed E-state index contributed by atoms with van der Waals surface area (Å²) in [6.07, 6.45) is -13.5. The zero-order chi connectivity index (χ0) is 27.6. The van der Waals surface area contributed by atoms with E-state index >= 15 is 0 Å². The first-order valence-electron chi connectivity index (χ1n) is 10.6. The van der Waals surface area contributed by atoms with Crippen LogP contribution in [0, 0.1) is 11.8 Å². The van der Waals surface area contributed by atoms with Crippen LogP contribution < -0.4 is 5.32 Å². The van der Waals surface area contributed by atoms with Crippen LogP contribution in [-0.4, -0.2) is 71.7 Å². The summed E-state index contributed by atoms with van der Waals surface area (Å²) in [6.45, 7) is 5.87. The van der Waals surface area contributed by atoms with Crippen molar-refractivity contribution in [1.29, 1.82) is 0 Å². The fourth-order valence-electron chi connectivity index (χ4n) is 2.78. The first-order valence-corrected chi connectivity index (χ1v) is 10.6. The normalized spacial score (nSPS) is 17.6. The Morgan fingerprint density at radius 2 is 1.71 bits per heavy atom. The van der Waals surface area contributed by atoms with Crippen molar-refractivity contribution in [2.75, 3.05) is 19.7 Å². The predicted molar refractivity (Wildman–Crippen MR) is 108 cm³/mol. The largest absolute Gasteiger partial charge is 0.466 e. The fraction of sp³-hybridized carbons (Fsp3) is 0.800. The van der Waals surface area contributed by atoms with Gasteiger partial charge in [-0.15, -0.1) is 0 Å². The van der Waals surface area contributed by atoms with E-state index in [1.807, 2.05) is 0 Å². The summed E-state index contributed by atoms with van der Waals surface area (Å²) < 4.78 is 84.1. The number of carbonyl (C=O) groups is 4. The molecule has 2 atom stereocenters. The van der Waals surface area contributed by atoms with Gasteiger partial charge in [-0.3, -0.25) is 9.59 Å². The van der Waals surface area contributed by atoms with Crippen LogP contribution in [0.2, 0.25) is 0 Å². The number of hydrogen-bond donors (Lipinski definition) is 2. The van der Waals surface area contributed by atoms with Crippen molar-refractivity contribution in [2.24, 2.45) is 11.8 Å². The number of rotatable bonds is 6. The molecule has 1 fully saturated rings. The van der Waals surface area contributed by atoms with Crippen LogP contribution in [0.25, 0.3) is 0 Å². The van der Waals surface area contributed by atoms with E-state index < -0.39 is 73.1 Å². The Kier molecular flexibility index (Phi) is 12.3. The van der Waals surface area contributed by atoms with Crippen LogP contribution in [0.3, 0.4) is 0 Å². The van der Waals surface area contributed by atoms with E-state index in [4.69, 9.17) is 9.84 Å². The molecule has 15 heteroatoms. The van der Waals surface area contributed by atoms with Gasteiger partial charge in [0.05, 0.1) is 24.9 Å². The molecule has 1 heterocycles. The van der Waals surface area contributed by atoms with Gasteiger partial charge in [0.25, 0.3) is 0 Å². The minimum Gasteiger partial charge on any atom is -0.466 e. The summed E-state index contributed by atoms with van der Waals surface area (Å²) >= 11 is 0. The molecule has 0 bridgehead atoms. The Morgan fingerprint density at radius 3 is 2.11 bits per heavy atom. The first-order chi connectivity index (χ1) is 15.8. The van der Waals surface area contributed by atoms with Gasteiger partial charge in [-0.25, -0.2) is 14.5 Å². The molecule has 1 aliphatic heterocycles. The Bertz CT molecular complexity index is 735. The van der Waals surface area contributed by atoms with Gasteiger partial charge in [0, 0.05) is 19.5 Å². The number of ether oxygens (including phenoxy) is 2. The number of likely N-dealkylation sites (tertiary alicyclic amines) is 1. The maximum absolute atomic E-state index is 12.8. The maximum atomic E-state index is 12.8. The molecule has 0 aromatic heterocycles. The van der Waals surface area contributed by atoms with Crippen molar-refractivity contribution in [3.05, 3.63) is 0 Å². The number of esters is 1. The van der Waals surface area contributed by atoms with Gasteiger partial charge in [0.1, 0.15) is 5.60 Å². The molecule has 9 nitrogen and oxygen atoms in total. The molecule has 2 N–H and O–H groups in total. The van der Waals surface area contributed by atoms with Crippen LogP contribution >= 0.6 is 0 Å². The topological polar surface area (TPSA) is 122 Å². The number of alkyl carbamates (subject to hydrolysis) is 1. The Hall–Kier alpha value is -2.74. The molecule has 1 saturated heterocycles. The number of imide groups is 1. The molecule has 1 rings (SSSR count). The summed E-state index contributed by atoms with van der Waals surface area (Å²) in [4.78, 5) is 44.2. The lowest BCUT2D eigenvalue weighted by atomic mass is 9.96. The highest BCUT2D eigenvalue weighted by molar-refractivity contribution is 5.91. The lowest BCUT2D eigenvalue weighted by Crippen LogP contribution is -2.45. The standard InChI is InChI=1S/C13H22F3NO4.C7H8F3NO3/c1-5-20-10(18)8-9(13(14,15)16)6-7-17-11(19)21-12(2,3)4;8-7(9,10)4-1-2-11(6(13)14)5(12)3-4/h9H,5-8H2,1-4H3,(H,17,19);4H,1-3H2,(H,13,14). The van der Waals surface area contributed by atoms with Crippen LogP contribution in [0.4, 0.5) is 35.9 Å². The Balaban J connectivity index is 0.000000712. The third kappa shape index (κ3) is 13.7. The number of carboxylic acid groups (broad SMARTS) is 1. The van der Waals surface area contributed by atoms with E-state index in [1.54, 1.807) is 20.8 Å². The summed E-state index contributed by atoms with van der Waals surface area (Å²) in [5.74, 6) is -5.44. The molecule has 0 saturated carbocycles. The molecule has 0 radical (unpaired) electrons. The average molecular weight is 524 g/mol.